The van der Waals surface area contributed by atoms with Crippen molar-refractivity contribution < 1.29 is 0 Å². The molecule has 2 rings (SSSR count). The van der Waals surface area contributed by atoms with Gasteiger partial charge in [-0.3, -0.25) is 0 Å². The number of hydrogen-bond donors (Lipinski definition) is 1. The first kappa shape index (κ1) is 13.9. The smallest absolute Gasteiger partial charge is 0.0451 e. The van der Waals surface area contributed by atoms with Gasteiger partial charge in [0.2, 0.25) is 0 Å². The average molecular weight is 267 g/mol. The summed E-state index contributed by atoms with van der Waals surface area (Å²) in [4.78, 5) is 2.54. The molecule has 0 unspecified atom stereocenters. The molecule has 0 aromatic heterocycles. The molecule has 0 spiro atoms. The number of nitrogens with zero attached hydrogens (tertiary/aromatic N) is 1. The zero-order valence-corrected chi connectivity index (χ0v) is 12.1. The lowest BCUT2D eigenvalue weighted by atomic mass is 10.1. The Labute approximate surface area is 115 Å². The van der Waals surface area contributed by atoms with Gasteiger partial charge in [0, 0.05) is 23.7 Å². The van der Waals surface area contributed by atoms with E-state index in [0.717, 1.165) is 11.6 Å². The van der Waals surface area contributed by atoms with Gasteiger partial charge in [-0.1, -0.05) is 37.6 Å². The van der Waals surface area contributed by atoms with Crippen molar-refractivity contribution in [3.05, 3.63) is 34.9 Å². The molecule has 0 amide bonds. The number of halogens is 1. The molecule has 1 saturated heterocycles. The van der Waals surface area contributed by atoms with Crippen molar-refractivity contribution in [2.24, 2.45) is 0 Å². The summed E-state index contributed by atoms with van der Waals surface area (Å²) in [6, 6.07) is 9.09. The minimum atomic E-state index is 0.377. The van der Waals surface area contributed by atoms with Gasteiger partial charge in [-0.2, -0.15) is 0 Å². The van der Waals surface area contributed by atoms with Crippen molar-refractivity contribution >= 4 is 11.6 Å². The quantitative estimate of drug-likeness (QED) is 0.878. The summed E-state index contributed by atoms with van der Waals surface area (Å²) in [7, 11) is 0. The Morgan fingerprint density at radius 3 is 2.61 bits per heavy atom. The van der Waals surface area contributed by atoms with Crippen LogP contribution in [0.25, 0.3) is 0 Å². The predicted molar refractivity (Wildman–Crippen MR) is 78.1 cm³/mol. The fourth-order valence-corrected chi connectivity index (χ4v) is 2.80. The molecule has 1 aromatic carbocycles. The number of rotatable bonds is 5. The normalized spacial score (nSPS) is 18.4. The van der Waals surface area contributed by atoms with Gasteiger partial charge in [0.1, 0.15) is 0 Å². The van der Waals surface area contributed by atoms with E-state index in [4.69, 9.17) is 11.6 Å². The van der Waals surface area contributed by atoms with Gasteiger partial charge in [-0.15, -0.1) is 0 Å². The van der Waals surface area contributed by atoms with E-state index in [-0.39, 0.29) is 0 Å². The molecule has 1 N–H and O–H groups in total. The zero-order valence-electron chi connectivity index (χ0n) is 11.3. The summed E-state index contributed by atoms with van der Waals surface area (Å²) < 4.78 is 0. The second-order valence-electron chi connectivity index (χ2n) is 5.44. The van der Waals surface area contributed by atoms with Crippen molar-refractivity contribution in [3.8, 4) is 0 Å². The lowest BCUT2D eigenvalue weighted by Crippen LogP contribution is -2.37. The summed E-state index contributed by atoms with van der Waals surface area (Å²) in [6.07, 6.45) is 2.67. The molecule has 1 aliphatic heterocycles. The van der Waals surface area contributed by atoms with E-state index in [9.17, 15) is 0 Å². The van der Waals surface area contributed by atoms with Crippen LogP contribution < -0.4 is 5.32 Å². The highest BCUT2D eigenvalue weighted by Crippen LogP contribution is 2.21. The zero-order chi connectivity index (χ0) is 13.0. The molecule has 2 nitrogen and oxygen atoms in total. The molecule has 0 saturated carbocycles. The maximum atomic E-state index is 6.10. The SMILES string of the molecule is CC(C)N[C@@H](CN1CCCC1)c1cccc(Cl)c1. The van der Waals surface area contributed by atoms with Crippen molar-refractivity contribution in [2.75, 3.05) is 19.6 Å². The first-order valence-corrected chi connectivity index (χ1v) is 7.27. The number of hydrogen-bond acceptors (Lipinski definition) is 2. The Morgan fingerprint density at radius 2 is 2.00 bits per heavy atom. The monoisotopic (exact) mass is 266 g/mol. The van der Waals surface area contributed by atoms with Crippen LogP contribution in [0.1, 0.15) is 38.3 Å². The molecular weight excluding hydrogens is 244 g/mol. The van der Waals surface area contributed by atoms with E-state index < -0.39 is 0 Å². The van der Waals surface area contributed by atoms with Gasteiger partial charge < -0.3 is 10.2 Å². The van der Waals surface area contributed by atoms with Crippen LogP contribution in [0.15, 0.2) is 24.3 Å². The Balaban J connectivity index is 2.08. The van der Waals surface area contributed by atoms with Gasteiger partial charge in [0.15, 0.2) is 0 Å². The maximum Gasteiger partial charge on any atom is 0.0451 e. The maximum absolute atomic E-state index is 6.10. The van der Waals surface area contributed by atoms with Crippen LogP contribution in [0, 0.1) is 0 Å². The first-order chi connectivity index (χ1) is 8.65. The van der Waals surface area contributed by atoms with Gasteiger partial charge in [-0.05, 0) is 43.6 Å². The highest BCUT2D eigenvalue weighted by molar-refractivity contribution is 6.30. The molecule has 1 aliphatic rings. The average Bonchev–Trinajstić information content (AvgIpc) is 2.80. The Morgan fingerprint density at radius 1 is 1.28 bits per heavy atom. The fraction of sp³-hybridized carbons (Fsp3) is 0.600. The standard InChI is InChI=1S/C15H23ClN2/c1-12(2)17-15(11-18-8-3-4-9-18)13-6-5-7-14(16)10-13/h5-7,10,12,15,17H,3-4,8-9,11H2,1-2H3/t15-/m0/s1. The summed E-state index contributed by atoms with van der Waals surface area (Å²) in [5.41, 5.74) is 1.29. The van der Waals surface area contributed by atoms with Crippen molar-refractivity contribution in [3.63, 3.8) is 0 Å². The number of nitrogens with one attached hydrogen (secondary N) is 1. The molecule has 1 atom stereocenters. The van der Waals surface area contributed by atoms with Crippen molar-refractivity contribution in [2.45, 2.75) is 38.8 Å². The Hall–Kier alpha value is -0.570. The lowest BCUT2D eigenvalue weighted by Gasteiger charge is -2.26. The van der Waals surface area contributed by atoms with Gasteiger partial charge >= 0.3 is 0 Å². The van der Waals surface area contributed by atoms with Gasteiger partial charge in [0.25, 0.3) is 0 Å². The molecular formula is C15H23ClN2. The third-order valence-electron chi connectivity index (χ3n) is 3.43. The largest absolute Gasteiger partial charge is 0.307 e. The summed E-state index contributed by atoms with van der Waals surface area (Å²) >= 11 is 6.10. The molecule has 1 aromatic rings. The van der Waals surface area contributed by atoms with Gasteiger partial charge in [-0.25, -0.2) is 0 Å². The second-order valence-corrected chi connectivity index (χ2v) is 5.87. The highest BCUT2D eigenvalue weighted by Gasteiger charge is 2.19. The van der Waals surface area contributed by atoms with Crippen LogP contribution in [0.3, 0.4) is 0 Å². The third kappa shape index (κ3) is 3.98. The van der Waals surface area contributed by atoms with Crippen molar-refractivity contribution in [1.29, 1.82) is 0 Å². The van der Waals surface area contributed by atoms with Gasteiger partial charge in [0.05, 0.1) is 0 Å². The fourth-order valence-electron chi connectivity index (χ4n) is 2.60. The Kier molecular flexibility index (Phi) is 5.04. The van der Waals surface area contributed by atoms with Crippen LogP contribution >= 0.6 is 11.6 Å². The molecule has 3 heteroatoms. The van der Waals surface area contributed by atoms with Crippen LogP contribution in [-0.4, -0.2) is 30.6 Å². The molecule has 1 fully saturated rings. The number of benzene rings is 1. The van der Waals surface area contributed by atoms with Crippen LogP contribution in [0.4, 0.5) is 0 Å². The van der Waals surface area contributed by atoms with E-state index in [1.807, 2.05) is 12.1 Å². The Bertz CT molecular complexity index is 373. The van der Waals surface area contributed by atoms with E-state index in [2.05, 4.69) is 36.2 Å². The molecule has 0 aliphatic carbocycles. The van der Waals surface area contributed by atoms with Crippen LogP contribution in [-0.2, 0) is 0 Å². The van der Waals surface area contributed by atoms with E-state index in [1.165, 1.54) is 31.5 Å². The lowest BCUT2D eigenvalue weighted by molar-refractivity contribution is 0.284. The summed E-state index contributed by atoms with van der Waals surface area (Å²) in [5, 5.41) is 4.47. The predicted octanol–water partition coefficient (Wildman–Crippen LogP) is 3.47. The molecule has 0 bridgehead atoms. The first-order valence-electron chi connectivity index (χ1n) is 6.89. The molecule has 18 heavy (non-hydrogen) atoms. The van der Waals surface area contributed by atoms with E-state index in [1.54, 1.807) is 0 Å². The van der Waals surface area contributed by atoms with E-state index in [0.29, 0.717) is 12.1 Å². The summed E-state index contributed by atoms with van der Waals surface area (Å²) in [5.74, 6) is 0. The molecule has 0 radical (unpaired) electrons. The minimum Gasteiger partial charge on any atom is -0.307 e. The van der Waals surface area contributed by atoms with E-state index >= 15 is 0 Å². The topological polar surface area (TPSA) is 15.3 Å². The van der Waals surface area contributed by atoms with Crippen molar-refractivity contribution in [1.82, 2.24) is 10.2 Å². The second kappa shape index (κ2) is 6.55. The molecule has 100 valence electrons. The molecule has 1 heterocycles. The minimum absolute atomic E-state index is 0.377. The number of likely N-dealkylation sites (tertiary alicyclic amines) is 1. The highest BCUT2D eigenvalue weighted by atomic mass is 35.5. The van der Waals surface area contributed by atoms with Crippen LogP contribution in [0.2, 0.25) is 5.02 Å². The summed E-state index contributed by atoms with van der Waals surface area (Å²) in [6.45, 7) is 7.94. The third-order valence-corrected chi connectivity index (χ3v) is 3.66. The van der Waals surface area contributed by atoms with Crippen LogP contribution in [0.5, 0.6) is 0 Å².